The summed E-state index contributed by atoms with van der Waals surface area (Å²) in [5.74, 6) is -0.803. The molecule has 1 atom stereocenters. The van der Waals surface area contributed by atoms with Gasteiger partial charge in [0.05, 0.1) is 12.0 Å². The highest BCUT2D eigenvalue weighted by Gasteiger charge is 2.19. The molecule has 0 aliphatic rings. The fourth-order valence-electron chi connectivity index (χ4n) is 1.32. The largest absolute Gasteiger partial charge is 0.496 e. The smallest absolute Gasteiger partial charge is 0.321 e. The number of alkyl halides is 1. The zero-order chi connectivity index (χ0) is 13.0. The first-order chi connectivity index (χ1) is 7.95. The molecule has 0 fully saturated rings. The van der Waals surface area contributed by atoms with Gasteiger partial charge in [-0.15, -0.1) is 11.6 Å². The summed E-state index contributed by atoms with van der Waals surface area (Å²) in [7, 11) is 1.40. The van der Waals surface area contributed by atoms with E-state index in [0.29, 0.717) is 11.3 Å². The topological polar surface area (TPSA) is 89.7 Å². The Morgan fingerprint density at radius 1 is 1.65 bits per heavy atom. The number of nitro groups is 1. The van der Waals surface area contributed by atoms with Crippen molar-refractivity contribution in [2.24, 2.45) is 0 Å². The molecule has 1 unspecified atom stereocenters. The Hall–Kier alpha value is -1.82. The lowest BCUT2D eigenvalue weighted by molar-refractivity contribution is -0.384. The number of nitro benzene ring substituents is 1. The summed E-state index contributed by atoms with van der Waals surface area (Å²) in [4.78, 5) is 20.6. The number of rotatable bonds is 5. The molecular formula is C10H10ClNO5. The number of ether oxygens (including phenoxy) is 1. The molecule has 0 saturated carbocycles. The number of halogens is 1. The minimum atomic E-state index is -1.18. The molecule has 1 N–H and O–H groups in total. The summed E-state index contributed by atoms with van der Waals surface area (Å²) in [6.07, 6.45) is -0.0399. The molecule has 0 heterocycles. The van der Waals surface area contributed by atoms with Gasteiger partial charge in [0.15, 0.2) is 0 Å². The third-order valence-electron chi connectivity index (χ3n) is 2.14. The molecule has 1 rings (SSSR count). The van der Waals surface area contributed by atoms with E-state index < -0.39 is 16.3 Å². The van der Waals surface area contributed by atoms with Crippen molar-refractivity contribution < 1.29 is 19.6 Å². The summed E-state index contributed by atoms with van der Waals surface area (Å²) in [5.41, 5.74) is 0.263. The fourth-order valence-corrected chi connectivity index (χ4v) is 1.48. The molecule has 92 valence electrons. The van der Waals surface area contributed by atoms with Crippen molar-refractivity contribution in [2.75, 3.05) is 7.11 Å². The van der Waals surface area contributed by atoms with Crippen molar-refractivity contribution >= 4 is 23.3 Å². The second-order valence-corrected chi connectivity index (χ2v) is 3.79. The molecule has 7 heteroatoms. The molecular weight excluding hydrogens is 250 g/mol. The van der Waals surface area contributed by atoms with Gasteiger partial charge < -0.3 is 9.84 Å². The van der Waals surface area contributed by atoms with E-state index in [1.54, 1.807) is 0 Å². The van der Waals surface area contributed by atoms with Crippen LogP contribution in [0.1, 0.15) is 5.56 Å². The monoisotopic (exact) mass is 259 g/mol. The van der Waals surface area contributed by atoms with Crippen molar-refractivity contribution in [2.45, 2.75) is 11.8 Å². The van der Waals surface area contributed by atoms with E-state index in [9.17, 15) is 14.9 Å². The standard InChI is InChI=1S/C10H10ClNO5/c1-17-9-3-2-7(12(15)16)4-6(9)5-8(11)10(13)14/h2-4,8H,5H2,1H3,(H,13,14). The average Bonchev–Trinajstić information content (AvgIpc) is 2.28. The summed E-state index contributed by atoms with van der Waals surface area (Å²) in [6, 6.07) is 3.96. The maximum absolute atomic E-state index is 10.6. The number of carboxylic acid groups (broad SMARTS) is 1. The minimum absolute atomic E-state index is 0.0399. The summed E-state index contributed by atoms with van der Waals surface area (Å²) < 4.78 is 4.99. The second-order valence-electron chi connectivity index (χ2n) is 3.26. The van der Waals surface area contributed by atoms with Gasteiger partial charge >= 0.3 is 5.97 Å². The third-order valence-corrected chi connectivity index (χ3v) is 2.48. The minimum Gasteiger partial charge on any atom is -0.496 e. The summed E-state index contributed by atoms with van der Waals surface area (Å²) >= 11 is 5.59. The van der Waals surface area contributed by atoms with Gasteiger partial charge in [-0.25, -0.2) is 0 Å². The van der Waals surface area contributed by atoms with E-state index >= 15 is 0 Å². The molecule has 1 aromatic rings. The zero-order valence-corrected chi connectivity index (χ0v) is 9.68. The molecule has 0 radical (unpaired) electrons. The Morgan fingerprint density at radius 3 is 2.76 bits per heavy atom. The molecule has 0 saturated heterocycles. The van der Waals surface area contributed by atoms with E-state index in [2.05, 4.69) is 0 Å². The van der Waals surface area contributed by atoms with Gasteiger partial charge in [0.2, 0.25) is 0 Å². The molecule has 0 spiro atoms. The number of benzene rings is 1. The van der Waals surface area contributed by atoms with Crippen LogP contribution >= 0.6 is 11.6 Å². The van der Waals surface area contributed by atoms with E-state index in [-0.39, 0.29) is 12.1 Å². The number of hydrogen-bond acceptors (Lipinski definition) is 4. The normalized spacial score (nSPS) is 11.9. The van der Waals surface area contributed by atoms with Gasteiger partial charge in [-0.2, -0.15) is 0 Å². The molecule has 0 aliphatic carbocycles. The summed E-state index contributed by atoms with van der Waals surface area (Å²) in [6.45, 7) is 0. The van der Waals surface area contributed by atoms with Gasteiger partial charge in [0.1, 0.15) is 11.1 Å². The van der Waals surface area contributed by atoms with Crippen LogP contribution in [0.4, 0.5) is 5.69 Å². The molecule has 6 nitrogen and oxygen atoms in total. The molecule has 0 aliphatic heterocycles. The molecule has 1 aromatic carbocycles. The lowest BCUT2D eigenvalue weighted by Gasteiger charge is -2.09. The highest BCUT2D eigenvalue weighted by Crippen LogP contribution is 2.26. The first kappa shape index (κ1) is 13.2. The van der Waals surface area contributed by atoms with Crippen molar-refractivity contribution in [3.8, 4) is 5.75 Å². The second kappa shape index (κ2) is 5.49. The van der Waals surface area contributed by atoms with Crippen molar-refractivity contribution in [1.82, 2.24) is 0 Å². The van der Waals surface area contributed by atoms with Gasteiger partial charge in [0.25, 0.3) is 5.69 Å². The van der Waals surface area contributed by atoms with E-state index in [0.717, 1.165) is 0 Å². The fraction of sp³-hybridized carbons (Fsp3) is 0.300. The Kier molecular flexibility index (Phi) is 4.28. The average molecular weight is 260 g/mol. The number of carbonyl (C=O) groups is 1. The molecule has 17 heavy (non-hydrogen) atoms. The van der Waals surface area contributed by atoms with Crippen LogP contribution in [0.25, 0.3) is 0 Å². The number of aliphatic carboxylic acids is 1. The van der Waals surface area contributed by atoms with Gasteiger partial charge in [-0.1, -0.05) is 0 Å². The predicted octanol–water partition coefficient (Wildman–Crippen LogP) is 1.84. The maximum atomic E-state index is 10.6. The van der Waals surface area contributed by atoms with Crippen LogP contribution in [0.2, 0.25) is 0 Å². The van der Waals surface area contributed by atoms with Crippen LogP contribution in [-0.2, 0) is 11.2 Å². The van der Waals surface area contributed by atoms with Crippen LogP contribution < -0.4 is 4.74 Å². The van der Waals surface area contributed by atoms with Crippen LogP contribution in [0, 0.1) is 10.1 Å². The number of carboxylic acids is 1. The lowest BCUT2D eigenvalue weighted by Crippen LogP contribution is -2.16. The van der Waals surface area contributed by atoms with E-state index in [1.807, 2.05) is 0 Å². The van der Waals surface area contributed by atoms with Crippen LogP contribution in [0.5, 0.6) is 5.75 Å². The van der Waals surface area contributed by atoms with E-state index in [4.69, 9.17) is 21.4 Å². The highest BCUT2D eigenvalue weighted by molar-refractivity contribution is 6.29. The first-order valence-electron chi connectivity index (χ1n) is 4.64. The van der Waals surface area contributed by atoms with Gasteiger partial charge in [-0.3, -0.25) is 14.9 Å². The van der Waals surface area contributed by atoms with Crippen molar-refractivity contribution in [3.63, 3.8) is 0 Å². The Morgan fingerprint density at radius 2 is 2.29 bits per heavy atom. The SMILES string of the molecule is COc1ccc([N+](=O)[O-])cc1CC(Cl)C(=O)O. The zero-order valence-electron chi connectivity index (χ0n) is 8.92. The maximum Gasteiger partial charge on any atom is 0.321 e. The van der Waals surface area contributed by atoms with Crippen LogP contribution in [-0.4, -0.2) is 28.5 Å². The number of nitrogens with zero attached hydrogens (tertiary/aromatic N) is 1. The molecule has 0 amide bonds. The van der Waals surface area contributed by atoms with Crippen molar-refractivity contribution in [3.05, 3.63) is 33.9 Å². The number of non-ortho nitro benzene ring substituents is 1. The highest BCUT2D eigenvalue weighted by atomic mass is 35.5. The van der Waals surface area contributed by atoms with Crippen LogP contribution in [0.3, 0.4) is 0 Å². The quantitative estimate of drug-likeness (QED) is 0.495. The summed E-state index contributed by atoms with van der Waals surface area (Å²) in [5, 5.41) is 18.1. The molecule has 0 bridgehead atoms. The Balaban J connectivity index is 3.06. The van der Waals surface area contributed by atoms with Crippen LogP contribution in [0.15, 0.2) is 18.2 Å². The van der Waals surface area contributed by atoms with Gasteiger partial charge in [0, 0.05) is 24.1 Å². The Labute approximate surface area is 102 Å². The van der Waals surface area contributed by atoms with E-state index in [1.165, 1.54) is 25.3 Å². The number of hydrogen-bond donors (Lipinski definition) is 1. The lowest BCUT2D eigenvalue weighted by atomic mass is 10.1. The number of methoxy groups -OCH3 is 1. The predicted molar refractivity (Wildman–Crippen MR) is 60.6 cm³/mol. The van der Waals surface area contributed by atoms with Crippen molar-refractivity contribution in [1.29, 1.82) is 0 Å². The third kappa shape index (κ3) is 3.32. The first-order valence-corrected chi connectivity index (χ1v) is 5.07. The Bertz CT molecular complexity index is 448. The van der Waals surface area contributed by atoms with Gasteiger partial charge in [-0.05, 0) is 6.07 Å². The molecule has 0 aromatic heterocycles.